The summed E-state index contributed by atoms with van der Waals surface area (Å²) < 4.78 is 13.4. The van der Waals surface area contributed by atoms with Crippen LogP contribution in [0.3, 0.4) is 0 Å². The number of halogens is 1. The van der Waals surface area contributed by atoms with Gasteiger partial charge in [0, 0.05) is 23.1 Å². The summed E-state index contributed by atoms with van der Waals surface area (Å²) in [5.41, 5.74) is 3.02. The summed E-state index contributed by atoms with van der Waals surface area (Å²) in [6.07, 6.45) is 3.99. The van der Waals surface area contributed by atoms with E-state index in [1.54, 1.807) is 24.3 Å². The first-order chi connectivity index (χ1) is 15.0. The molecule has 31 heavy (non-hydrogen) atoms. The highest BCUT2D eigenvalue weighted by Crippen LogP contribution is 2.22. The van der Waals surface area contributed by atoms with Crippen molar-refractivity contribution in [2.24, 2.45) is 0 Å². The Hall–Kier alpha value is -3.44. The molecule has 158 valence electrons. The van der Waals surface area contributed by atoms with Crippen LogP contribution in [0.25, 0.3) is 5.69 Å². The predicted octanol–water partition coefficient (Wildman–Crippen LogP) is 6.10. The minimum Gasteiger partial charge on any atom is -0.486 e. The standard InChI is InChI=1S/C25H23ClN2O3/c1-17-15-21(9-11-23(17)26)30-16-22-10-12-24(31-22)25(29)27-18(2)19-5-7-20(8-6-19)28-13-3-4-14-28/h3-15,18H,16H2,1-2H3,(H,27,29). The molecule has 0 radical (unpaired) electrons. The number of ether oxygens (including phenoxy) is 1. The molecule has 1 atom stereocenters. The average molecular weight is 435 g/mol. The van der Waals surface area contributed by atoms with Crippen LogP contribution < -0.4 is 10.1 Å². The number of nitrogens with zero attached hydrogens (tertiary/aromatic N) is 1. The SMILES string of the molecule is Cc1cc(OCc2ccc(C(=O)NC(C)c3ccc(-n4cccc4)cc3)o2)ccc1Cl. The minimum absolute atomic E-state index is 0.159. The van der Waals surface area contributed by atoms with E-state index in [0.29, 0.717) is 16.5 Å². The maximum absolute atomic E-state index is 12.6. The second kappa shape index (κ2) is 9.14. The average Bonchev–Trinajstić information content (AvgIpc) is 3.47. The highest BCUT2D eigenvalue weighted by Gasteiger charge is 2.15. The Labute approximate surface area is 186 Å². The molecule has 6 heteroatoms. The summed E-state index contributed by atoms with van der Waals surface area (Å²) in [7, 11) is 0. The van der Waals surface area contributed by atoms with Gasteiger partial charge >= 0.3 is 0 Å². The monoisotopic (exact) mass is 434 g/mol. The summed E-state index contributed by atoms with van der Waals surface area (Å²) in [6.45, 7) is 4.09. The van der Waals surface area contributed by atoms with E-state index in [-0.39, 0.29) is 24.3 Å². The Morgan fingerprint density at radius 1 is 1.10 bits per heavy atom. The normalized spacial score (nSPS) is 11.8. The Balaban J connectivity index is 1.34. The fraction of sp³-hybridized carbons (Fsp3) is 0.160. The van der Waals surface area contributed by atoms with Crippen LogP contribution in [0.5, 0.6) is 5.75 Å². The number of hydrogen-bond donors (Lipinski definition) is 1. The lowest BCUT2D eigenvalue weighted by Crippen LogP contribution is -2.26. The summed E-state index contributed by atoms with van der Waals surface area (Å²) in [6, 6.07) is 20.7. The summed E-state index contributed by atoms with van der Waals surface area (Å²) >= 11 is 6.03. The van der Waals surface area contributed by atoms with Crippen molar-refractivity contribution in [2.45, 2.75) is 26.5 Å². The molecule has 0 aliphatic rings. The number of amides is 1. The van der Waals surface area contributed by atoms with Crippen molar-refractivity contribution in [3.05, 3.63) is 107 Å². The molecule has 1 unspecified atom stereocenters. The van der Waals surface area contributed by atoms with E-state index < -0.39 is 0 Å². The van der Waals surface area contributed by atoms with E-state index in [2.05, 4.69) is 5.32 Å². The molecule has 0 aliphatic carbocycles. The van der Waals surface area contributed by atoms with Crippen LogP contribution in [-0.2, 0) is 6.61 Å². The molecule has 0 fully saturated rings. The number of carbonyl (C=O) groups is 1. The molecular weight excluding hydrogens is 412 g/mol. The summed E-state index contributed by atoms with van der Waals surface area (Å²) in [5, 5.41) is 3.66. The number of hydrogen-bond acceptors (Lipinski definition) is 3. The van der Waals surface area contributed by atoms with E-state index in [1.165, 1.54) is 0 Å². The van der Waals surface area contributed by atoms with Gasteiger partial charge in [-0.25, -0.2) is 0 Å². The third kappa shape index (κ3) is 5.01. The van der Waals surface area contributed by atoms with Crippen molar-refractivity contribution in [1.29, 1.82) is 0 Å². The van der Waals surface area contributed by atoms with Crippen molar-refractivity contribution in [2.75, 3.05) is 0 Å². The first-order valence-corrected chi connectivity index (χ1v) is 10.4. The highest BCUT2D eigenvalue weighted by atomic mass is 35.5. The van der Waals surface area contributed by atoms with Gasteiger partial charge < -0.3 is 19.0 Å². The lowest BCUT2D eigenvalue weighted by Gasteiger charge is -2.14. The van der Waals surface area contributed by atoms with Gasteiger partial charge in [0.2, 0.25) is 0 Å². The molecule has 2 heterocycles. The van der Waals surface area contributed by atoms with Crippen molar-refractivity contribution in [1.82, 2.24) is 9.88 Å². The van der Waals surface area contributed by atoms with Crippen molar-refractivity contribution >= 4 is 17.5 Å². The molecule has 2 aromatic carbocycles. The topological polar surface area (TPSA) is 56.4 Å². The molecule has 0 spiro atoms. The molecule has 1 N–H and O–H groups in total. The fourth-order valence-electron chi connectivity index (χ4n) is 3.23. The molecule has 2 aromatic heterocycles. The molecule has 0 saturated heterocycles. The van der Waals surface area contributed by atoms with Crippen molar-refractivity contribution < 1.29 is 13.9 Å². The molecule has 0 aliphatic heterocycles. The van der Waals surface area contributed by atoms with Gasteiger partial charge in [-0.2, -0.15) is 0 Å². The largest absolute Gasteiger partial charge is 0.486 e. The Kier molecular flexibility index (Phi) is 6.14. The minimum atomic E-state index is -0.268. The van der Waals surface area contributed by atoms with Crippen LogP contribution in [0.1, 0.15) is 40.4 Å². The third-order valence-corrected chi connectivity index (χ3v) is 5.46. The van der Waals surface area contributed by atoms with E-state index in [0.717, 1.165) is 16.8 Å². The zero-order valence-corrected chi connectivity index (χ0v) is 18.1. The van der Waals surface area contributed by atoms with E-state index in [1.807, 2.05) is 73.3 Å². The number of aryl methyl sites for hydroxylation is 1. The number of rotatable bonds is 7. The van der Waals surface area contributed by atoms with Gasteiger partial charge in [0.05, 0.1) is 6.04 Å². The first kappa shape index (κ1) is 20.8. The van der Waals surface area contributed by atoms with Gasteiger partial charge in [0.25, 0.3) is 5.91 Å². The second-order valence-corrected chi connectivity index (χ2v) is 7.75. The Morgan fingerprint density at radius 2 is 1.84 bits per heavy atom. The quantitative estimate of drug-likeness (QED) is 0.382. The van der Waals surface area contributed by atoms with Crippen LogP contribution in [0.4, 0.5) is 0 Å². The summed E-state index contributed by atoms with van der Waals surface area (Å²) in [4.78, 5) is 12.6. The molecule has 0 bridgehead atoms. The number of nitrogens with one attached hydrogen (secondary N) is 1. The van der Waals surface area contributed by atoms with E-state index >= 15 is 0 Å². The fourth-order valence-corrected chi connectivity index (χ4v) is 3.35. The van der Waals surface area contributed by atoms with E-state index in [4.69, 9.17) is 20.8 Å². The smallest absolute Gasteiger partial charge is 0.287 e. The summed E-state index contributed by atoms with van der Waals surface area (Å²) in [5.74, 6) is 1.25. The number of furan rings is 1. The van der Waals surface area contributed by atoms with Crippen molar-refractivity contribution in [3.8, 4) is 11.4 Å². The molecule has 1 amide bonds. The van der Waals surface area contributed by atoms with Gasteiger partial charge in [-0.05, 0) is 79.6 Å². The molecular formula is C25H23ClN2O3. The van der Waals surface area contributed by atoms with Crippen LogP contribution >= 0.6 is 11.6 Å². The molecule has 4 aromatic rings. The molecule has 0 saturated carbocycles. The van der Waals surface area contributed by atoms with E-state index in [9.17, 15) is 4.79 Å². The van der Waals surface area contributed by atoms with Crippen LogP contribution in [-0.4, -0.2) is 10.5 Å². The van der Waals surface area contributed by atoms with Gasteiger partial charge in [0.15, 0.2) is 5.76 Å². The molecule has 5 nitrogen and oxygen atoms in total. The van der Waals surface area contributed by atoms with Crippen molar-refractivity contribution in [3.63, 3.8) is 0 Å². The van der Waals surface area contributed by atoms with Gasteiger partial charge in [-0.1, -0.05) is 23.7 Å². The Bertz CT molecular complexity index is 1160. The predicted molar refractivity (Wildman–Crippen MR) is 121 cm³/mol. The maximum atomic E-state index is 12.6. The van der Waals surface area contributed by atoms with Gasteiger partial charge in [-0.15, -0.1) is 0 Å². The maximum Gasteiger partial charge on any atom is 0.287 e. The Morgan fingerprint density at radius 3 is 2.55 bits per heavy atom. The van der Waals surface area contributed by atoms with Gasteiger partial charge in [0.1, 0.15) is 18.1 Å². The lowest BCUT2D eigenvalue weighted by molar-refractivity contribution is 0.0907. The van der Waals surface area contributed by atoms with Crippen LogP contribution in [0.2, 0.25) is 5.02 Å². The zero-order chi connectivity index (χ0) is 21.8. The van der Waals surface area contributed by atoms with Crippen LogP contribution in [0.15, 0.2) is 83.5 Å². The van der Waals surface area contributed by atoms with Crippen LogP contribution in [0, 0.1) is 6.92 Å². The second-order valence-electron chi connectivity index (χ2n) is 7.34. The van der Waals surface area contributed by atoms with Gasteiger partial charge in [-0.3, -0.25) is 4.79 Å². The zero-order valence-electron chi connectivity index (χ0n) is 17.3. The number of benzene rings is 2. The highest BCUT2D eigenvalue weighted by molar-refractivity contribution is 6.31. The lowest BCUT2D eigenvalue weighted by atomic mass is 10.1. The third-order valence-electron chi connectivity index (χ3n) is 5.04. The first-order valence-electron chi connectivity index (χ1n) is 10.0. The number of carbonyl (C=O) groups excluding carboxylic acids is 1. The number of aromatic nitrogens is 1. The molecule has 4 rings (SSSR count).